The summed E-state index contributed by atoms with van der Waals surface area (Å²) in [5, 5.41) is 0. The number of nitrogens with two attached hydrogens (primary N) is 1. The summed E-state index contributed by atoms with van der Waals surface area (Å²) in [6.45, 7) is 3.45. The molecule has 5 heteroatoms. The van der Waals surface area contributed by atoms with Gasteiger partial charge in [0.05, 0.1) is 10.8 Å². The molecule has 0 radical (unpaired) electrons. The molecule has 0 heterocycles. The highest BCUT2D eigenvalue weighted by molar-refractivity contribution is 7.92. The van der Waals surface area contributed by atoms with Crippen LogP contribution >= 0.6 is 0 Å². The van der Waals surface area contributed by atoms with Gasteiger partial charge in [-0.25, -0.2) is 8.42 Å². The Morgan fingerprint density at radius 1 is 1.44 bits per heavy atom. The minimum Gasteiger partial charge on any atom is -0.271 e. The summed E-state index contributed by atoms with van der Waals surface area (Å²) in [4.78, 5) is 0. The number of allylic oxidation sites excluding steroid dienone is 1. The van der Waals surface area contributed by atoms with Crippen molar-refractivity contribution in [1.29, 1.82) is 0 Å². The van der Waals surface area contributed by atoms with Gasteiger partial charge in [-0.1, -0.05) is 11.6 Å². The number of nitrogens with one attached hydrogen (secondary N) is 1. The molecule has 0 aromatic rings. The van der Waals surface area contributed by atoms with Crippen LogP contribution in [0.1, 0.15) is 39.5 Å². The van der Waals surface area contributed by atoms with Crippen molar-refractivity contribution in [1.82, 2.24) is 5.43 Å². The number of hydrogen-bond acceptors (Lipinski definition) is 4. The van der Waals surface area contributed by atoms with Crippen LogP contribution in [-0.2, 0) is 9.84 Å². The molecule has 1 aliphatic rings. The van der Waals surface area contributed by atoms with E-state index in [1.165, 1.54) is 12.7 Å². The predicted octanol–water partition coefficient (Wildman–Crippen LogP) is 1.14. The van der Waals surface area contributed by atoms with E-state index in [0.717, 1.165) is 24.8 Å². The van der Waals surface area contributed by atoms with Crippen LogP contribution in [0.3, 0.4) is 0 Å². The van der Waals surface area contributed by atoms with E-state index < -0.39 is 14.6 Å². The van der Waals surface area contributed by atoms with E-state index in [-0.39, 0.29) is 6.04 Å². The Balaban J connectivity index is 3.02. The fourth-order valence-corrected chi connectivity index (χ4v) is 2.74. The van der Waals surface area contributed by atoms with Crippen LogP contribution in [0.15, 0.2) is 11.6 Å². The number of sulfone groups is 1. The van der Waals surface area contributed by atoms with Gasteiger partial charge in [0, 0.05) is 6.26 Å². The van der Waals surface area contributed by atoms with Crippen LogP contribution in [0, 0.1) is 0 Å². The maximum Gasteiger partial charge on any atom is 0.154 e. The van der Waals surface area contributed by atoms with Gasteiger partial charge >= 0.3 is 0 Å². The lowest BCUT2D eigenvalue weighted by Gasteiger charge is -2.35. The number of hydrazine groups is 1. The molecule has 0 bridgehead atoms. The Labute approximate surface area is 98.2 Å². The average Bonchev–Trinajstić information content (AvgIpc) is 2.18. The van der Waals surface area contributed by atoms with Crippen molar-refractivity contribution in [3.63, 3.8) is 0 Å². The van der Waals surface area contributed by atoms with Crippen molar-refractivity contribution in [2.75, 3.05) is 6.26 Å². The topological polar surface area (TPSA) is 72.2 Å². The number of hydrogen-bond donors (Lipinski definition) is 2. The Hall–Kier alpha value is -0.390. The summed E-state index contributed by atoms with van der Waals surface area (Å²) in [6.07, 6.45) is 7.65. The molecule has 3 N–H and O–H groups in total. The summed E-state index contributed by atoms with van der Waals surface area (Å²) >= 11 is 0. The van der Waals surface area contributed by atoms with Crippen LogP contribution < -0.4 is 11.3 Å². The molecule has 4 nitrogen and oxygen atoms in total. The zero-order valence-electron chi connectivity index (χ0n) is 10.3. The minimum atomic E-state index is -3.15. The summed E-state index contributed by atoms with van der Waals surface area (Å²) in [5.74, 6) is 5.53. The van der Waals surface area contributed by atoms with E-state index in [4.69, 9.17) is 5.84 Å². The fourth-order valence-electron chi connectivity index (χ4n) is 2.09. The van der Waals surface area contributed by atoms with Crippen LogP contribution in [-0.4, -0.2) is 25.5 Å². The largest absolute Gasteiger partial charge is 0.271 e. The standard InChI is InChI=1S/C11H22N2O2S/c1-11(2,16(3,14)15)10(13-12)9-7-5-4-6-8-9/h7,10,13H,4-6,8,12H2,1-3H3. The van der Waals surface area contributed by atoms with Gasteiger partial charge in [-0.2, -0.15) is 0 Å². The van der Waals surface area contributed by atoms with Crippen LogP contribution in [0.25, 0.3) is 0 Å². The van der Waals surface area contributed by atoms with Crippen LogP contribution in [0.5, 0.6) is 0 Å². The number of rotatable bonds is 4. The van der Waals surface area contributed by atoms with Crippen molar-refractivity contribution < 1.29 is 8.42 Å². The lowest BCUT2D eigenvalue weighted by atomic mass is 9.88. The Morgan fingerprint density at radius 2 is 2.06 bits per heavy atom. The van der Waals surface area contributed by atoms with Crippen molar-refractivity contribution in [3.05, 3.63) is 11.6 Å². The normalized spacial score (nSPS) is 20.4. The Bertz CT molecular complexity index is 371. The maximum atomic E-state index is 11.8. The summed E-state index contributed by atoms with van der Waals surface area (Å²) in [7, 11) is -3.15. The summed E-state index contributed by atoms with van der Waals surface area (Å²) < 4.78 is 22.7. The van der Waals surface area contributed by atoms with Gasteiger partial charge < -0.3 is 0 Å². The molecule has 1 rings (SSSR count). The molecule has 1 unspecified atom stereocenters. The second-order valence-corrected chi connectivity index (χ2v) is 7.60. The first-order chi connectivity index (χ1) is 7.30. The van der Waals surface area contributed by atoms with E-state index in [1.54, 1.807) is 13.8 Å². The molecule has 0 aliphatic heterocycles. The van der Waals surface area contributed by atoms with E-state index in [2.05, 4.69) is 11.5 Å². The van der Waals surface area contributed by atoms with E-state index in [0.29, 0.717) is 0 Å². The van der Waals surface area contributed by atoms with Gasteiger partial charge in [-0.05, 0) is 39.5 Å². The van der Waals surface area contributed by atoms with Gasteiger partial charge in [0.25, 0.3) is 0 Å². The predicted molar refractivity (Wildman–Crippen MR) is 66.6 cm³/mol. The third-order valence-electron chi connectivity index (χ3n) is 3.51. The first-order valence-corrected chi connectivity index (χ1v) is 7.54. The molecule has 1 atom stereocenters. The molecule has 0 saturated carbocycles. The Morgan fingerprint density at radius 3 is 2.44 bits per heavy atom. The molecule has 0 amide bonds. The monoisotopic (exact) mass is 246 g/mol. The molecule has 0 aromatic carbocycles. The zero-order valence-corrected chi connectivity index (χ0v) is 11.1. The highest BCUT2D eigenvalue weighted by Gasteiger charge is 2.40. The second kappa shape index (κ2) is 4.85. The zero-order chi connectivity index (χ0) is 12.4. The van der Waals surface area contributed by atoms with Crippen molar-refractivity contribution in [3.8, 4) is 0 Å². The third-order valence-corrected chi connectivity index (χ3v) is 5.66. The average molecular weight is 246 g/mol. The second-order valence-electron chi connectivity index (χ2n) is 5.00. The fraction of sp³-hybridized carbons (Fsp3) is 0.818. The summed E-state index contributed by atoms with van der Waals surface area (Å²) in [6, 6.07) is -0.289. The van der Waals surface area contributed by atoms with Gasteiger partial charge in [0.2, 0.25) is 0 Å². The van der Waals surface area contributed by atoms with Crippen LogP contribution in [0.4, 0.5) is 0 Å². The first-order valence-electron chi connectivity index (χ1n) is 5.65. The van der Waals surface area contributed by atoms with Gasteiger partial charge in [0.15, 0.2) is 9.84 Å². The summed E-state index contributed by atoms with van der Waals surface area (Å²) in [5.41, 5.74) is 3.80. The van der Waals surface area contributed by atoms with E-state index >= 15 is 0 Å². The molecule has 0 saturated heterocycles. The highest BCUT2D eigenvalue weighted by Crippen LogP contribution is 2.30. The van der Waals surface area contributed by atoms with Gasteiger partial charge in [-0.3, -0.25) is 11.3 Å². The quantitative estimate of drug-likeness (QED) is 0.443. The van der Waals surface area contributed by atoms with E-state index in [1.807, 2.05) is 0 Å². The van der Waals surface area contributed by atoms with Crippen molar-refractivity contribution in [2.45, 2.75) is 50.3 Å². The molecule has 0 fully saturated rings. The maximum absolute atomic E-state index is 11.8. The third kappa shape index (κ3) is 2.64. The van der Waals surface area contributed by atoms with Gasteiger partial charge in [0.1, 0.15) is 0 Å². The minimum absolute atomic E-state index is 0.289. The molecule has 94 valence electrons. The molecule has 16 heavy (non-hydrogen) atoms. The van der Waals surface area contributed by atoms with E-state index in [9.17, 15) is 8.42 Å². The van der Waals surface area contributed by atoms with Gasteiger partial charge in [-0.15, -0.1) is 0 Å². The molecule has 0 spiro atoms. The highest BCUT2D eigenvalue weighted by atomic mass is 32.2. The van der Waals surface area contributed by atoms with Crippen molar-refractivity contribution >= 4 is 9.84 Å². The molecular weight excluding hydrogens is 224 g/mol. The molecule has 0 aromatic heterocycles. The first kappa shape index (κ1) is 13.7. The lowest BCUT2D eigenvalue weighted by molar-refractivity contribution is 0.439. The lowest BCUT2D eigenvalue weighted by Crippen LogP contribution is -2.55. The molecular formula is C11H22N2O2S. The SMILES string of the molecule is CC(C)(C(NN)C1=CCCCC1)S(C)(=O)=O. The van der Waals surface area contributed by atoms with Crippen molar-refractivity contribution in [2.24, 2.45) is 5.84 Å². The Kier molecular flexibility index (Phi) is 4.15. The van der Waals surface area contributed by atoms with Crippen LogP contribution in [0.2, 0.25) is 0 Å². The smallest absolute Gasteiger partial charge is 0.154 e. The molecule has 1 aliphatic carbocycles.